The summed E-state index contributed by atoms with van der Waals surface area (Å²) in [5, 5.41) is 9.93. The zero-order valence-corrected chi connectivity index (χ0v) is 15.2. The van der Waals surface area contributed by atoms with Gasteiger partial charge >= 0.3 is 5.97 Å². The van der Waals surface area contributed by atoms with Crippen LogP contribution in [0.5, 0.6) is 0 Å². The van der Waals surface area contributed by atoms with Gasteiger partial charge in [0.25, 0.3) is 0 Å². The van der Waals surface area contributed by atoms with E-state index in [0.29, 0.717) is 16.9 Å². The molecule has 4 nitrogen and oxygen atoms in total. The molecule has 4 heteroatoms. The van der Waals surface area contributed by atoms with Crippen LogP contribution in [0, 0.1) is 5.92 Å². The standard InChI is InChI=1S/C19H32NO3/c1-6-16(17-10-8-7-9-11-17)12-15(2)19(22)23-14-18(21)13-20(3,4)5/h7-11,15-16,18,21H,6,12-14H2,1-5H3/q+1. The molecule has 0 spiro atoms. The van der Waals surface area contributed by atoms with Crippen molar-refractivity contribution in [1.29, 1.82) is 0 Å². The lowest BCUT2D eigenvalue weighted by Gasteiger charge is -2.26. The monoisotopic (exact) mass is 322 g/mol. The van der Waals surface area contributed by atoms with Crippen molar-refractivity contribution in [3.8, 4) is 0 Å². The molecule has 1 aromatic carbocycles. The number of aliphatic hydroxyl groups excluding tert-OH is 1. The quantitative estimate of drug-likeness (QED) is 0.562. The second-order valence-corrected chi connectivity index (χ2v) is 7.41. The Hall–Kier alpha value is -1.39. The van der Waals surface area contributed by atoms with Crippen molar-refractivity contribution < 1.29 is 19.1 Å². The molecule has 3 unspecified atom stereocenters. The number of likely N-dealkylation sites (N-methyl/N-ethyl adjacent to an activating group) is 1. The van der Waals surface area contributed by atoms with Crippen LogP contribution < -0.4 is 0 Å². The maximum atomic E-state index is 12.2. The van der Waals surface area contributed by atoms with E-state index >= 15 is 0 Å². The van der Waals surface area contributed by atoms with E-state index in [1.807, 2.05) is 46.3 Å². The molecular formula is C19H32NO3+. The number of hydrogen-bond acceptors (Lipinski definition) is 3. The average Bonchev–Trinajstić information content (AvgIpc) is 2.49. The van der Waals surface area contributed by atoms with E-state index in [2.05, 4.69) is 19.1 Å². The molecule has 1 N–H and O–H groups in total. The molecule has 0 aromatic heterocycles. The zero-order chi connectivity index (χ0) is 17.5. The van der Waals surface area contributed by atoms with Crippen molar-refractivity contribution in [2.24, 2.45) is 5.92 Å². The predicted octanol–water partition coefficient (Wildman–Crippen LogP) is 2.82. The highest BCUT2D eigenvalue weighted by Crippen LogP contribution is 2.27. The number of nitrogens with zero attached hydrogens (tertiary/aromatic N) is 1. The van der Waals surface area contributed by atoms with E-state index in [1.165, 1.54) is 5.56 Å². The van der Waals surface area contributed by atoms with E-state index in [4.69, 9.17) is 4.74 Å². The van der Waals surface area contributed by atoms with Crippen molar-refractivity contribution in [3.63, 3.8) is 0 Å². The Morgan fingerprint density at radius 2 is 1.83 bits per heavy atom. The fourth-order valence-corrected chi connectivity index (χ4v) is 2.79. The molecule has 0 bridgehead atoms. The number of rotatable bonds is 9. The fourth-order valence-electron chi connectivity index (χ4n) is 2.79. The third-order valence-corrected chi connectivity index (χ3v) is 3.98. The molecule has 0 amide bonds. The Morgan fingerprint density at radius 3 is 2.35 bits per heavy atom. The van der Waals surface area contributed by atoms with Crippen LogP contribution in [0.1, 0.15) is 38.2 Å². The molecule has 0 radical (unpaired) electrons. The normalized spacial score (nSPS) is 15.7. The fraction of sp³-hybridized carbons (Fsp3) is 0.632. The SMILES string of the molecule is CCC(CC(C)C(=O)OCC(O)C[N+](C)(C)C)c1ccccc1. The molecule has 23 heavy (non-hydrogen) atoms. The molecule has 0 saturated carbocycles. The summed E-state index contributed by atoms with van der Waals surface area (Å²) >= 11 is 0. The summed E-state index contributed by atoms with van der Waals surface area (Å²) < 4.78 is 5.93. The molecule has 0 aliphatic rings. The van der Waals surface area contributed by atoms with E-state index in [1.54, 1.807) is 0 Å². The van der Waals surface area contributed by atoms with Crippen LogP contribution in [0.4, 0.5) is 0 Å². The number of carbonyl (C=O) groups excluding carboxylic acids is 1. The van der Waals surface area contributed by atoms with Gasteiger partial charge in [-0.15, -0.1) is 0 Å². The van der Waals surface area contributed by atoms with Gasteiger partial charge in [0.1, 0.15) is 19.3 Å². The second kappa shape index (κ2) is 9.04. The maximum absolute atomic E-state index is 12.2. The number of carbonyl (C=O) groups is 1. The summed E-state index contributed by atoms with van der Waals surface area (Å²) in [5.74, 6) is -0.0359. The molecule has 1 aromatic rings. The first kappa shape index (κ1) is 19.7. The van der Waals surface area contributed by atoms with Gasteiger partial charge in [0, 0.05) is 0 Å². The average molecular weight is 322 g/mol. The summed E-state index contributed by atoms with van der Waals surface area (Å²) in [6.45, 7) is 4.67. The first-order valence-electron chi connectivity index (χ1n) is 8.43. The Kier molecular flexibility index (Phi) is 7.73. The summed E-state index contributed by atoms with van der Waals surface area (Å²) in [5.41, 5.74) is 1.26. The third kappa shape index (κ3) is 7.62. The lowest BCUT2D eigenvalue weighted by Crippen LogP contribution is -2.43. The number of benzene rings is 1. The first-order chi connectivity index (χ1) is 10.7. The Bertz CT molecular complexity index is 467. The molecule has 0 saturated heterocycles. The van der Waals surface area contributed by atoms with E-state index in [-0.39, 0.29) is 18.5 Å². The minimum absolute atomic E-state index is 0.0703. The Labute approximate surface area is 140 Å². The number of quaternary nitrogens is 1. The van der Waals surface area contributed by atoms with Crippen LogP contribution >= 0.6 is 0 Å². The second-order valence-electron chi connectivity index (χ2n) is 7.41. The lowest BCUT2D eigenvalue weighted by molar-refractivity contribution is -0.873. The summed E-state index contributed by atoms with van der Waals surface area (Å²) in [6.07, 6.45) is 1.14. The molecule has 0 aliphatic carbocycles. The van der Waals surface area contributed by atoms with Crippen LogP contribution in [0.25, 0.3) is 0 Å². The smallest absolute Gasteiger partial charge is 0.308 e. The van der Waals surface area contributed by atoms with Gasteiger partial charge in [-0.05, 0) is 24.3 Å². The highest BCUT2D eigenvalue weighted by atomic mass is 16.5. The first-order valence-corrected chi connectivity index (χ1v) is 8.43. The minimum Gasteiger partial charge on any atom is -0.462 e. The molecule has 0 aliphatic heterocycles. The number of esters is 1. The predicted molar refractivity (Wildman–Crippen MR) is 93.1 cm³/mol. The highest BCUT2D eigenvalue weighted by Gasteiger charge is 2.22. The van der Waals surface area contributed by atoms with Crippen LogP contribution in [-0.4, -0.2) is 56.0 Å². The molecule has 1 rings (SSSR count). The van der Waals surface area contributed by atoms with Crippen LogP contribution in [0.15, 0.2) is 30.3 Å². The van der Waals surface area contributed by atoms with Crippen LogP contribution in [0.2, 0.25) is 0 Å². The van der Waals surface area contributed by atoms with Crippen molar-refractivity contribution in [2.75, 3.05) is 34.3 Å². The largest absolute Gasteiger partial charge is 0.462 e. The van der Waals surface area contributed by atoms with Gasteiger partial charge < -0.3 is 14.3 Å². The van der Waals surface area contributed by atoms with E-state index < -0.39 is 6.10 Å². The topological polar surface area (TPSA) is 46.5 Å². The molecule has 0 heterocycles. The van der Waals surface area contributed by atoms with Crippen molar-refractivity contribution >= 4 is 5.97 Å². The lowest BCUT2D eigenvalue weighted by atomic mass is 9.88. The van der Waals surface area contributed by atoms with Crippen molar-refractivity contribution in [2.45, 2.75) is 38.7 Å². The highest BCUT2D eigenvalue weighted by molar-refractivity contribution is 5.72. The maximum Gasteiger partial charge on any atom is 0.308 e. The summed E-state index contributed by atoms with van der Waals surface area (Å²) in [4.78, 5) is 12.2. The van der Waals surface area contributed by atoms with Gasteiger partial charge in [-0.2, -0.15) is 0 Å². The van der Waals surface area contributed by atoms with Crippen LogP contribution in [0.3, 0.4) is 0 Å². The number of ether oxygens (including phenoxy) is 1. The van der Waals surface area contributed by atoms with Gasteiger partial charge in [0.15, 0.2) is 0 Å². The van der Waals surface area contributed by atoms with Gasteiger partial charge in [-0.3, -0.25) is 4.79 Å². The van der Waals surface area contributed by atoms with Gasteiger partial charge in [-0.1, -0.05) is 44.2 Å². The molecule has 0 fully saturated rings. The van der Waals surface area contributed by atoms with Gasteiger partial charge in [-0.25, -0.2) is 0 Å². The summed E-state index contributed by atoms with van der Waals surface area (Å²) in [6, 6.07) is 10.3. The number of hydrogen-bond donors (Lipinski definition) is 1. The molecule has 130 valence electrons. The minimum atomic E-state index is -0.623. The van der Waals surface area contributed by atoms with Gasteiger partial charge in [0.05, 0.1) is 27.1 Å². The van der Waals surface area contributed by atoms with Crippen molar-refractivity contribution in [1.82, 2.24) is 0 Å². The van der Waals surface area contributed by atoms with Gasteiger partial charge in [0.2, 0.25) is 0 Å². The van der Waals surface area contributed by atoms with Crippen molar-refractivity contribution in [3.05, 3.63) is 35.9 Å². The van der Waals surface area contributed by atoms with E-state index in [0.717, 1.165) is 12.8 Å². The third-order valence-electron chi connectivity index (χ3n) is 3.98. The molecular weight excluding hydrogens is 290 g/mol. The Balaban J connectivity index is 2.47. The van der Waals surface area contributed by atoms with Crippen LogP contribution in [-0.2, 0) is 9.53 Å². The zero-order valence-electron chi connectivity index (χ0n) is 15.2. The van der Waals surface area contributed by atoms with E-state index in [9.17, 15) is 9.90 Å². The summed E-state index contributed by atoms with van der Waals surface area (Å²) in [7, 11) is 6.00. The number of aliphatic hydroxyl groups is 1. The Morgan fingerprint density at radius 1 is 1.22 bits per heavy atom. The molecule has 3 atom stereocenters.